The molecular weight excluding hydrogens is 328 g/mol. The third-order valence-electron chi connectivity index (χ3n) is 7.37. The summed E-state index contributed by atoms with van der Waals surface area (Å²) in [6.07, 6.45) is 17.6. The standard InChI is InChI=1S/C22H36O4/c1-26-20(25)21(14-15-21)12-10-8-6-4-2-3-5-7-9-11-13-22(19(23)24)17-16-18(17)22/h17-18H,2-16H2,1H3,(H,23,24). The van der Waals surface area contributed by atoms with Crippen LogP contribution in [-0.2, 0) is 14.3 Å². The van der Waals surface area contributed by atoms with E-state index >= 15 is 0 Å². The zero-order valence-corrected chi connectivity index (χ0v) is 16.4. The molecule has 3 rings (SSSR count). The molecular formula is C22H36O4. The van der Waals surface area contributed by atoms with Gasteiger partial charge in [0.25, 0.3) is 0 Å². The van der Waals surface area contributed by atoms with Crippen molar-refractivity contribution in [1.29, 1.82) is 0 Å². The Kier molecular flexibility index (Phi) is 6.29. The molecule has 0 heterocycles. The predicted molar refractivity (Wildman–Crippen MR) is 101 cm³/mol. The van der Waals surface area contributed by atoms with Crippen molar-refractivity contribution in [2.75, 3.05) is 7.11 Å². The van der Waals surface area contributed by atoms with Crippen molar-refractivity contribution in [3.63, 3.8) is 0 Å². The van der Waals surface area contributed by atoms with Crippen LogP contribution < -0.4 is 0 Å². The van der Waals surface area contributed by atoms with E-state index in [0.717, 1.165) is 38.5 Å². The van der Waals surface area contributed by atoms with Gasteiger partial charge in [-0.15, -0.1) is 0 Å². The minimum atomic E-state index is -0.530. The lowest BCUT2D eigenvalue weighted by atomic mass is 9.88. The van der Waals surface area contributed by atoms with Crippen LogP contribution in [0.3, 0.4) is 0 Å². The van der Waals surface area contributed by atoms with E-state index in [4.69, 9.17) is 4.74 Å². The van der Waals surface area contributed by atoms with Crippen LogP contribution in [-0.4, -0.2) is 24.2 Å². The van der Waals surface area contributed by atoms with Crippen LogP contribution >= 0.6 is 0 Å². The minimum absolute atomic E-state index is 0.00508. The second-order valence-corrected chi connectivity index (χ2v) is 9.10. The van der Waals surface area contributed by atoms with Gasteiger partial charge < -0.3 is 9.84 Å². The second-order valence-electron chi connectivity index (χ2n) is 9.10. The number of carbonyl (C=O) groups excluding carboxylic acids is 1. The molecule has 3 saturated carbocycles. The predicted octanol–water partition coefficient (Wildman–Crippen LogP) is 5.34. The van der Waals surface area contributed by atoms with Crippen molar-refractivity contribution in [3.8, 4) is 0 Å². The van der Waals surface area contributed by atoms with Crippen LogP contribution in [0.1, 0.15) is 96.3 Å². The zero-order chi connectivity index (χ0) is 18.6. The van der Waals surface area contributed by atoms with Crippen molar-refractivity contribution in [3.05, 3.63) is 0 Å². The van der Waals surface area contributed by atoms with Crippen LogP contribution in [0.4, 0.5) is 0 Å². The molecule has 3 aliphatic rings. The first-order valence-corrected chi connectivity index (χ1v) is 10.9. The van der Waals surface area contributed by atoms with Gasteiger partial charge in [0, 0.05) is 0 Å². The van der Waals surface area contributed by atoms with E-state index in [2.05, 4.69) is 0 Å². The third kappa shape index (κ3) is 4.26. The quantitative estimate of drug-likeness (QED) is 0.315. The summed E-state index contributed by atoms with van der Waals surface area (Å²) >= 11 is 0. The van der Waals surface area contributed by atoms with Crippen LogP contribution in [0.2, 0.25) is 0 Å². The highest BCUT2D eigenvalue weighted by Gasteiger charge is 2.79. The van der Waals surface area contributed by atoms with Crippen molar-refractivity contribution in [2.24, 2.45) is 22.7 Å². The Balaban J connectivity index is 1.08. The maximum atomic E-state index is 11.7. The molecule has 0 spiro atoms. The molecule has 26 heavy (non-hydrogen) atoms. The van der Waals surface area contributed by atoms with Gasteiger partial charge in [0.2, 0.25) is 0 Å². The number of rotatable bonds is 15. The second kappa shape index (κ2) is 8.31. The summed E-state index contributed by atoms with van der Waals surface area (Å²) in [4.78, 5) is 23.0. The van der Waals surface area contributed by atoms with Gasteiger partial charge in [0.1, 0.15) is 0 Å². The normalized spacial score (nSPS) is 29.7. The fraction of sp³-hybridized carbons (Fsp3) is 0.909. The molecule has 0 radical (unpaired) electrons. The number of unbranched alkanes of at least 4 members (excludes halogenated alkanes) is 9. The number of carboxylic acids is 1. The highest BCUT2D eigenvalue weighted by Crippen LogP contribution is 2.79. The number of esters is 1. The van der Waals surface area contributed by atoms with Crippen molar-refractivity contribution < 1.29 is 19.4 Å². The zero-order valence-electron chi connectivity index (χ0n) is 16.4. The molecule has 4 heteroatoms. The SMILES string of the molecule is COC(=O)C1(CCCCCCCCCCCCC2(C(=O)O)C3CC32)CC1. The first-order valence-electron chi connectivity index (χ1n) is 10.9. The highest BCUT2D eigenvalue weighted by molar-refractivity contribution is 5.82. The number of carboxylic acid groups (broad SMARTS) is 1. The fourth-order valence-corrected chi connectivity index (χ4v) is 5.07. The molecule has 0 bridgehead atoms. The summed E-state index contributed by atoms with van der Waals surface area (Å²) in [5, 5.41) is 9.33. The summed E-state index contributed by atoms with van der Waals surface area (Å²) in [6, 6.07) is 0. The third-order valence-corrected chi connectivity index (χ3v) is 7.37. The maximum absolute atomic E-state index is 11.7. The Morgan fingerprint density at radius 3 is 1.65 bits per heavy atom. The number of hydrogen-bond acceptors (Lipinski definition) is 3. The van der Waals surface area contributed by atoms with Crippen LogP contribution in [0, 0.1) is 22.7 Å². The number of hydrogen-bond donors (Lipinski definition) is 1. The Bertz CT molecular complexity index is 500. The number of aliphatic carboxylic acids is 1. The molecule has 0 aromatic rings. The molecule has 4 nitrogen and oxygen atoms in total. The molecule has 2 atom stereocenters. The van der Waals surface area contributed by atoms with E-state index in [9.17, 15) is 14.7 Å². The highest BCUT2D eigenvalue weighted by atomic mass is 16.5. The molecule has 2 unspecified atom stereocenters. The van der Waals surface area contributed by atoms with E-state index < -0.39 is 5.97 Å². The summed E-state index contributed by atoms with van der Waals surface area (Å²) in [6.45, 7) is 0. The van der Waals surface area contributed by atoms with E-state index in [0.29, 0.717) is 11.8 Å². The lowest BCUT2D eigenvalue weighted by Gasteiger charge is -2.16. The summed E-state index contributed by atoms with van der Waals surface area (Å²) < 4.78 is 4.90. The monoisotopic (exact) mass is 364 g/mol. The molecule has 0 aromatic heterocycles. The average Bonchev–Trinajstić information content (AvgIpc) is 3.49. The molecule has 0 aromatic carbocycles. The van der Waals surface area contributed by atoms with Crippen LogP contribution in [0.15, 0.2) is 0 Å². The smallest absolute Gasteiger partial charge is 0.311 e. The molecule has 0 aliphatic heterocycles. The average molecular weight is 365 g/mol. The van der Waals surface area contributed by atoms with Gasteiger partial charge in [0.15, 0.2) is 0 Å². The van der Waals surface area contributed by atoms with Crippen molar-refractivity contribution in [1.82, 2.24) is 0 Å². The molecule has 148 valence electrons. The van der Waals surface area contributed by atoms with Gasteiger partial charge in [-0.3, -0.25) is 9.59 Å². The number of ether oxygens (including phenoxy) is 1. The molecule has 3 fully saturated rings. The van der Waals surface area contributed by atoms with Gasteiger partial charge in [-0.05, 0) is 43.9 Å². The van der Waals surface area contributed by atoms with Gasteiger partial charge in [0.05, 0.1) is 17.9 Å². The van der Waals surface area contributed by atoms with Crippen molar-refractivity contribution in [2.45, 2.75) is 96.3 Å². The fourth-order valence-electron chi connectivity index (χ4n) is 5.07. The number of carbonyl (C=O) groups is 2. The van der Waals surface area contributed by atoms with E-state index in [-0.39, 0.29) is 16.8 Å². The molecule has 1 N–H and O–H groups in total. The van der Waals surface area contributed by atoms with Gasteiger partial charge in [-0.2, -0.15) is 0 Å². The lowest BCUT2D eigenvalue weighted by Crippen LogP contribution is -2.23. The minimum Gasteiger partial charge on any atom is -0.481 e. The van der Waals surface area contributed by atoms with E-state index in [1.54, 1.807) is 0 Å². The van der Waals surface area contributed by atoms with Crippen molar-refractivity contribution >= 4 is 11.9 Å². The summed E-state index contributed by atoms with van der Waals surface area (Å²) in [7, 11) is 1.50. The van der Waals surface area contributed by atoms with Gasteiger partial charge in [-0.1, -0.05) is 64.2 Å². The van der Waals surface area contributed by atoms with Crippen LogP contribution in [0.25, 0.3) is 0 Å². The number of fused-ring (bicyclic) bond motifs is 1. The summed E-state index contributed by atoms with van der Waals surface area (Å²) in [5.74, 6) is 0.563. The topological polar surface area (TPSA) is 63.6 Å². The summed E-state index contributed by atoms with van der Waals surface area (Å²) in [5.41, 5.74) is -0.373. The van der Waals surface area contributed by atoms with E-state index in [1.165, 1.54) is 64.9 Å². The Labute approximate surface area is 158 Å². The first-order chi connectivity index (χ1) is 12.6. The molecule has 3 aliphatic carbocycles. The maximum Gasteiger partial charge on any atom is 0.311 e. The van der Waals surface area contributed by atoms with Gasteiger partial charge >= 0.3 is 11.9 Å². The van der Waals surface area contributed by atoms with Crippen LogP contribution in [0.5, 0.6) is 0 Å². The largest absolute Gasteiger partial charge is 0.481 e. The number of methoxy groups -OCH3 is 1. The first kappa shape index (κ1) is 19.7. The molecule has 0 amide bonds. The Morgan fingerprint density at radius 1 is 0.846 bits per heavy atom. The Morgan fingerprint density at radius 2 is 1.31 bits per heavy atom. The lowest BCUT2D eigenvalue weighted by molar-refractivity contribution is -0.147. The van der Waals surface area contributed by atoms with E-state index in [1.807, 2.05) is 0 Å². The van der Waals surface area contributed by atoms with Gasteiger partial charge in [-0.25, -0.2) is 0 Å². The Hall–Kier alpha value is -1.06. The molecule has 0 saturated heterocycles.